The van der Waals surface area contributed by atoms with Gasteiger partial charge in [-0.3, -0.25) is 0 Å². The van der Waals surface area contributed by atoms with Crippen molar-refractivity contribution in [1.29, 1.82) is 0 Å². The fraction of sp³-hybridized carbons (Fsp3) is 1.00. The lowest BCUT2D eigenvalue weighted by Gasteiger charge is -2.48. The smallest absolute Gasteiger partial charge is 0.00300 e. The summed E-state index contributed by atoms with van der Waals surface area (Å²) in [5, 5.41) is 0. The molecule has 0 saturated carbocycles. The number of hydrogen-bond donors (Lipinski definition) is 0. The van der Waals surface area contributed by atoms with E-state index in [9.17, 15) is 0 Å². The maximum absolute atomic E-state index is 2.70. The van der Waals surface area contributed by atoms with Crippen LogP contribution in [0.4, 0.5) is 0 Å². The molecular weight excluding hydrogens is 256 g/mol. The minimum atomic E-state index is 0.445. The second kappa shape index (κ2) is 6.20. The Balaban J connectivity index is 1.78. The molecule has 2 rings (SSSR count). The Morgan fingerprint density at radius 1 is 0.619 bits per heavy atom. The molecular formula is C19H38N2. The molecule has 0 aromatic heterocycles. The second-order valence-electron chi connectivity index (χ2n) is 10.2. The summed E-state index contributed by atoms with van der Waals surface area (Å²) in [6, 6.07) is 0. The van der Waals surface area contributed by atoms with Crippen molar-refractivity contribution in [2.24, 2.45) is 16.2 Å². The summed E-state index contributed by atoms with van der Waals surface area (Å²) in [6.45, 7) is 22.0. The van der Waals surface area contributed by atoms with Crippen LogP contribution in [0.2, 0.25) is 0 Å². The Morgan fingerprint density at radius 2 is 0.905 bits per heavy atom. The zero-order chi connectivity index (χ0) is 15.7. The summed E-state index contributed by atoms with van der Waals surface area (Å²) in [4.78, 5) is 5.40. The third-order valence-electron chi connectivity index (χ3n) is 5.23. The van der Waals surface area contributed by atoms with Crippen LogP contribution in [0.1, 0.15) is 67.2 Å². The van der Waals surface area contributed by atoms with E-state index in [1.807, 2.05) is 0 Å². The van der Waals surface area contributed by atoms with Gasteiger partial charge in [0.1, 0.15) is 0 Å². The Kier molecular flexibility index (Phi) is 5.10. The van der Waals surface area contributed by atoms with Gasteiger partial charge in [0.05, 0.1) is 0 Å². The van der Waals surface area contributed by atoms with Crippen LogP contribution in [0.3, 0.4) is 0 Å². The van der Waals surface area contributed by atoms with E-state index >= 15 is 0 Å². The van der Waals surface area contributed by atoms with Crippen LogP contribution in [0.5, 0.6) is 0 Å². The van der Waals surface area contributed by atoms with Crippen LogP contribution in [-0.4, -0.2) is 49.1 Å². The van der Waals surface area contributed by atoms with Crippen LogP contribution in [0.25, 0.3) is 0 Å². The van der Waals surface area contributed by atoms with Crippen molar-refractivity contribution in [2.45, 2.75) is 67.2 Å². The summed E-state index contributed by atoms with van der Waals surface area (Å²) in [6.07, 6.45) is 5.75. The molecule has 2 nitrogen and oxygen atoms in total. The van der Waals surface area contributed by atoms with E-state index < -0.39 is 0 Å². The molecule has 0 N–H and O–H groups in total. The monoisotopic (exact) mass is 294 g/mol. The average molecular weight is 295 g/mol. The van der Waals surface area contributed by atoms with Crippen LogP contribution in [-0.2, 0) is 0 Å². The van der Waals surface area contributed by atoms with Gasteiger partial charge in [-0.05, 0) is 68.1 Å². The van der Waals surface area contributed by atoms with Crippen molar-refractivity contribution < 1.29 is 0 Å². The van der Waals surface area contributed by atoms with Gasteiger partial charge >= 0.3 is 0 Å². The molecule has 0 aliphatic carbocycles. The Labute approximate surface area is 133 Å². The van der Waals surface area contributed by atoms with Gasteiger partial charge in [-0.15, -0.1) is 0 Å². The molecule has 124 valence electrons. The van der Waals surface area contributed by atoms with Crippen molar-refractivity contribution in [2.75, 3.05) is 39.3 Å². The van der Waals surface area contributed by atoms with Gasteiger partial charge in [-0.2, -0.15) is 0 Å². The van der Waals surface area contributed by atoms with Crippen LogP contribution in [0.15, 0.2) is 0 Å². The second-order valence-corrected chi connectivity index (χ2v) is 10.2. The Morgan fingerprint density at radius 3 is 1.14 bits per heavy atom. The summed E-state index contributed by atoms with van der Waals surface area (Å²) in [7, 11) is 0. The molecule has 2 aliphatic rings. The highest BCUT2D eigenvalue weighted by molar-refractivity contribution is 4.91. The normalized spacial score (nSPS) is 25.4. The highest BCUT2D eigenvalue weighted by atomic mass is 15.2. The zero-order valence-electron chi connectivity index (χ0n) is 15.5. The Bertz CT molecular complexity index is 281. The lowest BCUT2D eigenvalue weighted by Crippen LogP contribution is -2.49. The molecule has 0 radical (unpaired) electrons. The maximum atomic E-state index is 2.70. The van der Waals surface area contributed by atoms with Gasteiger partial charge in [0.15, 0.2) is 0 Å². The molecule has 0 aromatic carbocycles. The molecule has 0 unspecified atom stereocenters. The van der Waals surface area contributed by atoms with E-state index in [1.165, 1.54) is 65.0 Å². The van der Waals surface area contributed by atoms with E-state index in [2.05, 4.69) is 51.3 Å². The summed E-state index contributed by atoms with van der Waals surface area (Å²) in [5.41, 5.74) is 1.57. The third kappa shape index (κ3) is 5.56. The molecule has 0 bridgehead atoms. The fourth-order valence-electron chi connectivity index (χ4n) is 4.21. The van der Waals surface area contributed by atoms with E-state index in [4.69, 9.17) is 0 Å². The number of hydrogen-bond acceptors (Lipinski definition) is 2. The number of likely N-dealkylation sites (tertiary alicyclic amines) is 2. The molecule has 2 fully saturated rings. The molecule has 1 spiro atoms. The third-order valence-corrected chi connectivity index (χ3v) is 5.23. The zero-order valence-corrected chi connectivity index (χ0v) is 15.5. The molecule has 0 aromatic rings. The predicted molar refractivity (Wildman–Crippen MR) is 92.7 cm³/mol. The van der Waals surface area contributed by atoms with Gasteiger partial charge in [0.25, 0.3) is 0 Å². The van der Waals surface area contributed by atoms with Crippen LogP contribution >= 0.6 is 0 Å². The van der Waals surface area contributed by atoms with Crippen LogP contribution in [0, 0.1) is 16.2 Å². The number of nitrogens with zero attached hydrogens (tertiary/aromatic N) is 2. The van der Waals surface area contributed by atoms with E-state index in [0.29, 0.717) is 16.2 Å². The lowest BCUT2D eigenvalue weighted by molar-refractivity contribution is 0.0167. The summed E-state index contributed by atoms with van der Waals surface area (Å²) in [5.74, 6) is 0. The summed E-state index contributed by atoms with van der Waals surface area (Å²) >= 11 is 0. The minimum absolute atomic E-state index is 0.445. The average Bonchev–Trinajstić information content (AvgIpc) is 2.32. The van der Waals surface area contributed by atoms with E-state index in [-0.39, 0.29) is 0 Å². The molecule has 0 amide bonds. The molecule has 0 atom stereocenters. The molecule has 2 aliphatic heterocycles. The first-order valence-corrected chi connectivity index (χ1v) is 9.02. The lowest BCUT2D eigenvalue weighted by atomic mass is 9.70. The predicted octanol–water partition coefficient (Wildman–Crippen LogP) is 4.26. The summed E-state index contributed by atoms with van der Waals surface area (Å²) < 4.78 is 0. The highest BCUT2D eigenvalue weighted by Gasteiger charge is 2.38. The van der Waals surface area contributed by atoms with Gasteiger partial charge in [-0.25, -0.2) is 0 Å². The topological polar surface area (TPSA) is 6.48 Å². The maximum Gasteiger partial charge on any atom is 0.00300 e. The van der Waals surface area contributed by atoms with Crippen LogP contribution < -0.4 is 0 Å². The van der Waals surface area contributed by atoms with Crippen molar-refractivity contribution in [3.8, 4) is 0 Å². The van der Waals surface area contributed by atoms with Crippen molar-refractivity contribution in [1.82, 2.24) is 9.80 Å². The molecule has 2 heterocycles. The van der Waals surface area contributed by atoms with Gasteiger partial charge in [0, 0.05) is 13.1 Å². The van der Waals surface area contributed by atoms with Gasteiger partial charge < -0.3 is 9.80 Å². The number of rotatable bonds is 2. The SMILES string of the molecule is CC(C)(C)CN1CCC2(CC1)CCN(CC(C)(C)C)CC2. The Hall–Kier alpha value is -0.0800. The first kappa shape index (κ1) is 17.3. The van der Waals surface area contributed by atoms with Crippen molar-refractivity contribution in [3.63, 3.8) is 0 Å². The number of piperidine rings is 2. The van der Waals surface area contributed by atoms with E-state index in [1.54, 1.807) is 0 Å². The first-order valence-electron chi connectivity index (χ1n) is 9.02. The van der Waals surface area contributed by atoms with Crippen molar-refractivity contribution >= 4 is 0 Å². The fourth-order valence-corrected chi connectivity index (χ4v) is 4.21. The molecule has 2 saturated heterocycles. The molecule has 21 heavy (non-hydrogen) atoms. The molecule has 2 heteroatoms. The van der Waals surface area contributed by atoms with E-state index in [0.717, 1.165) is 0 Å². The van der Waals surface area contributed by atoms with Gasteiger partial charge in [-0.1, -0.05) is 41.5 Å². The minimum Gasteiger partial charge on any atom is -0.303 e. The van der Waals surface area contributed by atoms with Crippen molar-refractivity contribution in [3.05, 3.63) is 0 Å². The largest absolute Gasteiger partial charge is 0.303 e. The standard InChI is InChI=1S/C19H38N2/c1-17(2,3)15-20-11-7-19(8-12-20)9-13-21(14-10-19)16-18(4,5)6/h7-16H2,1-6H3. The first-order chi connectivity index (χ1) is 9.57. The van der Waals surface area contributed by atoms with Gasteiger partial charge in [0.2, 0.25) is 0 Å². The highest BCUT2D eigenvalue weighted by Crippen LogP contribution is 2.42. The quantitative estimate of drug-likeness (QED) is 0.751.